The van der Waals surface area contributed by atoms with Crippen molar-refractivity contribution in [3.8, 4) is 0 Å². The Morgan fingerprint density at radius 2 is 2.29 bits per heavy atom. The van der Waals surface area contributed by atoms with Gasteiger partial charge in [-0.05, 0) is 36.6 Å². The Hall–Kier alpha value is -2.08. The SMILES string of the molecule is CNC(=O)[C@]12CCOC[C@H]1CN(C(=O)c1ccc3c(c1)CCN3)C2. The highest BCUT2D eigenvalue weighted by Gasteiger charge is 2.54. The van der Waals surface area contributed by atoms with Crippen molar-refractivity contribution in [3.05, 3.63) is 29.3 Å². The minimum atomic E-state index is -0.499. The molecule has 3 aliphatic heterocycles. The van der Waals surface area contributed by atoms with Crippen molar-refractivity contribution in [1.29, 1.82) is 0 Å². The summed E-state index contributed by atoms with van der Waals surface area (Å²) in [4.78, 5) is 27.3. The van der Waals surface area contributed by atoms with Gasteiger partial charge in [-0.15, -0.1) is 0 Å². The number of hydrogen-bond acceptors (Lipinski definition) is 4. The van der Waals surface area contributed by atoms with Crippen LogP contribution in [0, 0.1) is 11.3 Å². The Bertz CT molecular complexity index is 690. The molecule has 128 valence electrons. The van der Waals surface area contributed by atoms with Crippen molar-refractivity contribution in [3.63, 3.8) is 0 Å². The Balaban J connectivity index is 1.59. The van der Waals surface area contributed by atoms with E-state index in [1.165, 1.54) is 5.56 Å². The third kappa shape index (κ3) is 2.28. The summed E-state index contributed by atoms with van der Waals surface area (Å²) in [5.41, 5.74) is 2.53. The number of ether oxygens (including phenoxy) is 1. The molecule has 2 amide bonds. The van der Waals surface area contributed by atoms with Gasteiger partial charge in [0.15, 0.2) is 0 Å². The predicted octanol–water partition coefficient (Wildman–Crippen LogP) is 0.879. The van der Waals surface area contributed by atoms with Gasteiger partial charge in [-0.3, -0.25) is 9.59 Å². The lowest BCUT2D eigenvalue weighted by Crippen LogP contribution is -2.49. The molecule has 4 rings (SSSR count). The van der Waals surface area contributed by atoms with E-state index in [2.05, 4.69) is 10.6 Å². The van der Waals surface area contributed by atoms with E-state index in [0.29, 0.717) is 38.3 Å². The number of nitrogens with zero attached hydrogens (tertiary/aromatic N) is 1. The molecule has 6 nitrogen and oxygen atoms in total. The minimum Gasteiger partial charge on any atom is -0.384 e. The van der Waals surface area contributed by atoms with Crippen LogP contribution in [-0.2, 0) is 16.0 Å². The summed E-state index contributed by atoms with van der Waals surface area (Å²) >= 11 is 0. The van der Waals surface area contributed by atoms with Crippen molar-refractivity contribution in [2.75, 3.05) is 45.2 Å². The molecule has 2 N–H and O–H groups in total. The zero-order valence-electron chi connectivity index (χ0n) is 13.9. The second-order valence-corrected chi connectivity index (χ2v) is 6.99. The van der Waals surface area contributed by atoms with Gasteiger partial charge in [0.05, 0.1) is 12.0 Å². The highest BCUT2D eigenvalue weighted by Crippen LogP contribution is 2.43. The van der Waals surface area contributed by atoms with Crippen molar-refractivity contribution in [2.45, 2.75) is 12.8 Å². The molecule has 0 aliphatic carbocycles. The summed E-state index contributed by atoms with van der Waals surface area (Å²) < 4.78 is 5.57. The maximum Gasteiger partial charge on any atom is 0.253 e. The first-order chi connectivity index (χ1) is 11.6. The average Bonchev–Trinajstić information content (AvgIpc) is 3.24. The molecule has 2 fully saturated rings. The molecule has 0 aromatic heterocycles. The van der Waals surface area contributed by atoms with E-state index in [9.17, 15) is 9.59 Å². The Morgan fingerprint density at radius 3 is 3.12 bits per heavy atom. The second-order valence-electron chi connectivity index (χ2n) is 6.99. The number of fused-ring (bicyclic) bond motifs is 2. The zero-order valence-corrected chi connectivity index (χ0v) is 13.9. The maximum absolute atomic E-state index is 13.0. The molecule has 3 aliphatic rings. The summed E-state index contributed by atoms with van der Waals surface area (Å²) in [5.74, 6) is 0.123. The van der Waals surface area contributed by atoms with Gasteiger partial charge < -0.3 is 20.3 Å². The summed E-state index contributed by atoms with van der Waals surface area (Å²) in [6.07, 6.45) is 1.63. The van der Waals surface area contributed by atoms with Crippen LogP contribution in [0.15, 0.2) is 18.2 Å². The van der Waals surface area contributed by atoms with Gasteiger partial charge in [0.1, 0.15) is 0 Å². The summed E-state index contributed by atoms with van der Waals surface area (Å²) in [5, 5.41) is 6.10. The first-order valence-corrected chi connectivity index (χ1v) is 8.60. The number of likely N-dealkylation sites (tertiary alicyclic amines) is 1. The van der Waals surface area contributed by atoms with E-state index in [4.69, 9.17) is 4.74 Å². The molecule has 3 heterocycles. The van der Waals surface area contributed by atoms with E-state index < -0.39 is 5.41 Å². The quantitative estimate of drug-likeness (QED) is 0.845. The normalized spacial score (nSPS) is 28.0. The molecule has 0 spiro atoms. The highest BCUT2D eigenvalue weighted by atomic mass is 16.5. The number of hydrogen-bond donors (Lipinski definition) is 2. The van der Waals surface area contributed by atoms with Gasteiger partial charge in [-0.2, -0.15) is 0 Å². The van der Waals surface area contributed by atoms with Crippen molar-refractivity contribution < 1.29 is 14.3 Å². The number of benzene rings is 1. The first-order valence-electron chi connectivity index (χ1n) is 8.60. The van der Waals surface area contributed by atoms with Gasteiger partial charge in [0, 0.05) is 50.5 Å². The fourth-order valence-electron chi connectivity index (χ4n) is 4.35. The lowest BCUT2D eigenvalue weighted by atomic mass is 9.73. The molecule has 0 saturated carbocycles. The number of carbonyl (C=O) groups is 2. The molecule has 2 atom stereocenters. The largest absolute Gasteiger partial charge is 0.384 e. The minimum absolute atomic E-state index is 0.0161. The van der Waals surface area contributed by atoms with Gasteiger partial charge in [-0.25, -0.2) is 0 Å². The van der Waals surface area contributed by atoms with Crippen LogP contribution in [0.5, 0.6) is 0 Å². The van der Waals surface area contributed by atoms with E-state index in [0.717, 1.165) is 18.7 Å². The van der Waals surface area contributed by atoms with Gasteiger partial charge in [-0.1, -0.05) is 0 Å². The van der Waals surface area contributed by atoms with Crippen molar-refractivity contribution in [2.24, 2.45) is 11.3 Å². The van der Waals surface area contributed by atoms with Crippen LogP contribution >= 0.6 is 0 Å². The predicted molar refractivity (Wildman–Crippen MR) is 90.0 cm³/mol. The van der Waals surface area contributed by atoms with E-state index in [-0.39, 0.29) is 17.7 Å². The van der Waals surface area contributed by atoms with E-state index >= 15 is 0 Å². The number of nitrogens with one attached hydrogen (secondary N) is 2. The number of rotatable bonds is 2. The lowest BCUT2D eigenvalue weighted by Gasteiger charge is -2.36. The zero-order chi connectivity index (χ0) is 16.7. The van der Waals surface area contributed by atoms with Crippen LogP contribution < -0.4 is 10.6 Å². The molecular weight excluding hydrogens is 306 g/mol. The molecule has 1 aromatic rings. The van der Waals surface area contributed by atoms with Crippen LogP contribution in [-0.4, -0.2) is 56.6 Å². The second kappa shape index (κ2) is 5.77. The molecule has 6 heteroatoms. The van der Waals surface area contributed by atoms with Crippen molar-refractivity contribution >= 4 is 17.5 Å². The van der Waals surface area contributed by atoms with Crippen LogP contribution in [0.3, 0.4) is 0 Å². The molecule has 24 heavy (non-hydrogen) atoms. The fraction of sp³-hybridized carbons (Fsp3) is 0.556. The topological polar surface area (TPSA) is 70.7 Å². The number of amides is 2. The average molecular weight is 329 g/mol. The fourth-order valence-corrected chi connectivity index (χ4v) is 4.35. The van der Waals surface area contributed by atoms with Crippen LogP contribution in [0.4, 0.5) is 5.69 Å². The highest BCUT2D eigenvalue weighted by molar-refractivity contribution is 5.96. The molecule has 0 unspecified atom stereocenters. The van der Waals surface area contributed by atoms with Crippen LogP contribution in [0.1, 0.15) is 22.3 Å². The molecule has 2 saturated heterocycles. The monoisotopic (exact) mass is 329 g/mol. The van der Waals surface area contributed by atoms with Gasteiger partial charge >= 0.3 is 0 Å². The Morgan fingerprint density at radius 1 is 1.42 bits per heavy atom. The first kappa shape index (κ1) is 15.4. The summed E-state index contributed by atoms with van der Waals surface area (Å²) in [6, 6.07) is 5.85. The standard InChI is InChI=1S/C18H23N3O3/c1-19-17(23)18-5-7-24-10-14(18)9-21(11-18)16(22)13-2-3-15-12(8-13)4-6-20-15/h2-3,8,14,20H,4-7,9-11H2,1H3,(H,19,23)/t14-,18+/m1/s1. The van der Waals surface area contributed by atoms with Crippen LogP contribution in [0.2, 0.25) is 0 Å². The molecule has 0 radical (unpaired) electrons. The third-order valence-electron chi connectivity index (χ3n) is 5.74. The number of anilines is 1. The van der Waals surface area contributed by atoms with Gasteiger partial charge in [0.25, 0.3) is 5.91 Å². The lowest BCUT2D eigenvalue weighted by molar-refractivity contribution is -0.138. The smallest absolute Gasteiger partial charge is 0.253 e. The maximum atomic E-state index is 13.0. The third-order valence-corrected chi connectivity index (χ3v) is 5.74. The Labute approximate surface area is 141 Å². The summed E-state index contributed by atoms with van der Waals surface area (Å²) in [6.45, 7) is 3.12. The van der Waals surface area contributed by atoms with Gasteiger partial charge in [0.2, 0.25) is 5.91 Å². The van der Waals surface area contributed by atoms with E-state index in [1.807, 2.05) is 23.1 Å². The molecule has 0 bridgehead atoms. The number of carbonyl (C=O) groups excluding carboxylic acids is 2. The Kier molecular flexibility index (Phi) is 3.72. The molecular formula is C18H23N3O3. The van der Waals surface area contributed by atoms with E-state index in [1.54, 1.807) is 7.05 Å². The van der Waals surface area contributed by atoms with Crippen molar-refractivity contribution in [1.82, 2.24) is 10.2 Å². The van der Waals surface area contributed by atoms with Crippen LogP contribution in [0.25, 0.3) is 0 Å². The summed E-state index contributed by atoms with van der Waals surface area (Å²) in [7, 11) is 1.67. The molecule has 1 aromatic carbocycles.